The molecule has 0 N–H and O–H groups in total. The van der Waals surface area contributed by atoms with E-state index in [9.17, 15) is 0 Å². The summed E-state index contributed by atoms with van der Waals surface area (Å²) < 4.78 is 11.2. The molecule has 1 atom stereocenters. The van der Waals surface area contributed by atoms with Gasteiger partial charge in [0, 0.05) is 6.61 Å². The lowest BCUT2D eigenvalue weighted by Crippen LogP contribution is -2.22. The Bertz CT molecular complexity index is 320. The van der Waals surface area contributed by atoms with Crippen LogP contribution < -0.4 is 4.74 Å². The van der Waals surface area contributed by atoms with Gasteiger partial charge in [0.15, 0.2) is 0 Å². The molecule has 1 rings (SSSR count). The lowest BCUT2D eigenvalue weighted by atomic mass is 10.2. The highest BCUT2D eigenvalue weighted by Gasteiger charge is 2.07. The van der Waals surface area contributed by atoms with Crippen LogP contribution in [0.5, 0.6) is 5.75 Å². The van der Waals surface area contributed by atoms with Crippen molar-refractivity contribution in [3.63, 3.8) is 0 Å². The van der Waals surface area contributed by atoms with Gasteiger partial charge in [0.05, 0.1) is 6.61 Å². The summed E-state index contributed by atoms with van der Waals surface area (Å²) in [6.07, 6.45) is 2.88. The molecular weight excluding hydrogens is 200 g/mol. The van der Waals surface area contributed by atoms with Crippen molar-refractivity contribution >= 4 is 6.08 Å². The van der Waals surface area contributed by atoms with Crippen molar-refractivity contribution in [1.29, 1.82) is 0 Å². The van der Waals surface area contributed by atoms with Crippen molar-refractivity contribution in [2.45, 2.75) is 26.4 Å². The minimum atomic E-state index is 0.125. The average molecular weight is 220 g/mol. The van der Waals surface area contributed by atoms with Gasteiger partial charge < -0.3 is 9.47 Å². The van der Waals surface area contributed by atoms with E-state index in [1.165, 1.54) is 0 Å². The summed E-state index contributed by atoms with van der Waals surface area (Å²) in [5, 5.41) is 0. The van der Waals surface area contributed by atoms with Crippen LogP contribution in [-0.2, 0) is 4.74 Å². The van der Waals surface area contributed by atoms with Crippen LogP contribution in [-0.4, -0.2) is 19.3 Å². The molecular formula is C14H20O2. The van der Waals surface area contributed by atoms with Gasteiger partial charge in [-0.2, -0.15) is 0 Å². The smallest absolute Gasteiger partial charge is 0.122 e. The maximum atomic E-state index is 5.84. The molecule has 88 valence electrons. The summed E-state index contributed by atoms with van der Waals surface area (Å²) >= 11 is 0. The van der Waals surface area contributed by atoms with Gasteiger partial charge in [-0.25, -0.2) is 0 Å². The standard InChI is InChI=1S/C14H20O2/c1-4-12-8-7-9-14(10-12)16-13(5-2)11-15-6-3/h4,7-10,13H,1,5-6,11H2,2-3H3. The largest absolute Gasteiger partial charge is 0.488 e. The first-order chi connectivity index (χ1) is 7.80. The van der Waals surface area contributed by atoms with Crippen LogP contribution in [0, 0.1) is 0 Å². The highest BCUT2D eigenvalue weighted by Crippen LogP contribution is 2.16. The van der Waals surface area contributed by atoms with Crippen molar-refractivity contribution < 1.29 is 9.47 Å². The molecule has 0 saturated carbocycles. The van der Waals surface area contributed by atoms with E-state index in [0.29, 0.717) is 6.61 Å². The van der Waals surface area contributed by atoms with Crippen molar-refractivity contribution in [2.75, 3.05) is 13.2 Å². The fourth-order valence-electron chi connectivity index (χ4n) is 1.39. The first kappa shape index (κ1) is 12.8. The second kappa shape index (κ2) is 7.07. The van der Waals surface area contributed by atoms with Gasteiger partial charge >= 0.3 is 0 Å². The molecule has 0 aliphatic rings. The molecule has 0 spiro atoms. The zero-order valence-corrected chi connectivity index (χ0v) is 10.1. The summed E-state index contributed by atoms with van der Waals surface area (Å²) in [6.45, 7) is 9.20. The van der Waals surface area contributed by atoms with Crippen LogP contribution >= 0.6 is 0 Å². The summed E-state index contributed by atoms with van der Waals surface area (Å²) in [5.41, 5.74) is 1.07. The maximum Gasteiger partial charge on any atom is 0.122 e. The highest BCUT2D eigenvalue weighted by molar-refractivity contribution is 5.49. The Balaban J connectivity index is 2.58. The molecule has 1 unspecified atom stereocenters. The van der Waals surface area contributed by atoms with E-state index in [0.717, 1.165) is 24.3 Å². The SMILES string of the molecule is C=Cc1cccc(OC(CC)COCC)c1. The second-order valence-corrected chi connectivity index (χ2v) is 3.58. The number of ether oxygens (including phenoxy) is 2. The van der Waals surface area contributed by atoms with Crippen LogP contribution in [0.25, 0.3) is 6.08 Å². The highest BCUT2D eigenvalue weighted by atomic mass is 16.5. The van der Waals surface area contributed by atoms with Crippen molar-refractivity contribution in [2.24, 2.45) is 0 Å². The minimum absolute atomic E-state index is 0.125. The third-order valence-electron chi connectivity index (χ3n) is 2.36. The van der Waals surface area contributed by atoms with Crippen LogP contribution in [0.1, 0.15) is 25.8 Å². The van der Waals surface area contributed by atoms with Gasteiger partial charge in [0.2, 0.25) is 0 Å². The fraction of sp³-hybridized carbons (Fsp3) is 0.429. The fourth-order valence-corrected chi connectivity index (χ4v) is 1.39. The molecule has 0 aliphatic carbocycles. The molecule has 0 bridgehead atoms. The number of hydrogen-bond donors (Lipinski definition) is 0. The summed E-state index contributed by atoms with van der Waals surface area (Å²) in [4.78, 5) is 0. The van der Waals surface area contributed by atoms with Gasteiger partial charge in [0.25, 0.3) is 0 Å². The molecule has 2 heteroatoms. The Morgan fingerprint density at radius 2 is 2.19 bits per heavy atom. The Kier molecular flexibility index (Phi) is 5.65. The zero-order chi connectivity index (χ0) is 11.8. The van der Waals surface area contributed by atoms with Crippen LogP contribution in [0.15, 0.2) is 30.8 Å². The molecule has 1 aromatic rings. The Morgan fingerprint density at radius 1 is 1.38 bits per heavy atom. The third-order valence-corrected chi connectivity index (χ3v) is 2.36. The van der Waals surface area contributed by atoms with Crippen molar-refractivity contribution in [1.82, 2.24) is 0 Å². The van der Waals surface area contributed by atoms with Gasteiger partial charge in [-0.15, -0.1) is 0 Å². The summed E-state index contributed by atoms with van der Waals surface area (Å²) in [5.74, 6) is 0.879. The zero-order valence-electron chi connectivity index (χ0n) is 10.1. The van der Waals surface area contributed by atoms with Crippen LogP contribution in [0.2, 0.25) is 0 Å². The van der Waals surface area contributed by atoms with E-state index in [1.807, 2.05) is 37.3 Å². The number of rotatable bonds is 7. The third kappa shape index (κ3) is 4.07. The van der Waals surface area contributed by atoms with E-state index >= 15 is 0 Å². The van der Waals surface area contributed by atoms with E-state index in [-0.39, 0.29) is 6.10 Å². The molecule has 0 amide bonds. The Hall–Kier alpha value is -1.28. The minimum Gasteiger partial charge on any atom is -0.488 e. The quantitative estimate of drug-likeness (QED) is 0.700. The predicted octanol–water partition coefficient (Wildman–Crippen LogP) is 3.52. The van der Waals surface area contributed by atoms with E-state index in [1.54, 1.807) is 0 Å². The number of hydrogen-bond acceptors (Lipinski definition) is 2. The molecule has 1 aromatic carbocycles. The molecule has 0 heterocycles. The van der Waals surface area contributed by atoms with Crippen molar-refractivity contribution in [3.8, 4) is 5.75 Å². The second-order valence-electron chi connectivity index (χ2n) is 3.58. The van der Waals surface area contributed by atoms with E-state index < -0.39 is 0 Å². The molecule has 0 aliphatic heterocycles. The normalized spacial score (nSPS) is 12.1. The molecule has 2 nitrogen and oxygen atoms in total. The monoisotopic (exact) mass is 220 g/mol. The van der Waals surface area contributed by atoms with Crippen LogP contribution in [0.3, 0.4) is 0 Å². The molecule has 0 saturated heterocycles. The van der Waals surface area contributed by atoms with Gasteiger partial charge in [0.1, 0.15) is 11.9 Å². The molecule has 16 heavy (non-hydrogen) atoms. The van der Waals surface area contributed by atoms with Crippen molar-refractivity contribution in [3.05, 3.63) is 36.4 Å². The Labute approximate surface area is 97.9 Å². The van der Waals surface area contributed by atoms with E-state index in [4.69, 9.17) is 9.47 Å². The first-order valence-electron chi connectivity index (χ1n) is 5.77. The first-order valence-corrected chi connectivity index (χ1v) is 5.77. The maximum absolute atomic E-state index is 5.84. The lowest BCUT2D eigenvalue weighted by molar-refractivity contribution is 0.0547. The predicted molar refractivity (Wildman–Crippen MR) is 67.7 cm³/mol. The number of benzene rings is 1. The molecule has 0 aromatic heterocycles. The van der Waals surface area contributed by atoms with Gasteiger partial charge in [-0.1, -0.05) is 31.7 Å². The van der Waals surface area contributed by atoms with Gasteiger partial charge in [-0.05, 0) is 31.0 Å². The topological polar surface area (TPSA) is 18.5 Å². The van der Waals surface area contributed by atoms with Crippen LogP contribution in [0.4, 0.5) is 0 Å². The molecule has 0 fully saturated rings. The van der Waals surface area contributed by atoms with Gasteiger partial charge in [-0.3, -0.25) is 0 Å². The van der Waals surface area contributed by atoms with E-state index in [2.05, 4.69) is 13.5 Å². The Morgan fingerprint density at radius 3 is 2.81 bits per heavy atom. The lowest BCUT2D eigenvalue weighted by Gasteiger charge is -2.17. The summed E-state index contributed by atoms with van der Waals surface area (Å²) in [7, 11) is 0. The average Bonchev–Trinajstić information content (AvgIpc) is 2.34. The summed E-state index contributed by atoms with van der Waals surface area (Å²) in [6, 6.07) is 7.92. The molecule has 0 radical (unpaired) electrons.